The van der Waals surface area contributed by atoms with Gasteiger partial charge in [0.25, 0.3) is 5.91 Å². The Bertz CT molecular complexity index is 405. The van der Waals surface area contributed by atoms with Crippen LogP contribution in [0.5, 0.6) is 0 Å². The van der Waals surface area contributed by atoms with Crippen LogP contribution in [0.1, 0.15) is 29.9 Å². The van der Waals surface area contributed by atoms with E-state index < -0.39 is 0 Å². The van der Waals surface area contributed by atoms with Crippen LogP contribution in [0.2, 0.25) is 0 Å². The van der Waals surface area contributed by atoms with Gasteiger partial charge in [-0.1, -0.05) is 0 Å². The average molecular weight is 208 g/mol. The number of H-pyrrole nitrogens is 1. The Morgan fingerprint density at radius 3 is 2.40 bits per heavy atom. The third kappa shape index (κ3) is 2.68. The van der Waals surface area contributed by atoms with Gasteiger partial charge in [-0.05, 0) is 26.8 Å². The summed E-state index contributed by atoms with van der Waals surface area (Å²) in [6.07, 6.45) is 0. The molecule has 0 unspecified atom stereocenters. The van der Waals surface area contributed by atoms with Crippen LogP contribution in [0.25, 0.3) is 0 Å². The van der Waals surface area contributed by atoms with Crippen molar-refractivity contribution in [2.45, 2.75) is 20.8 Å². The summed E-state index contributed by atoms with van der Waals surface area (Å²) in [5, 5.41) is 0. The van der Waals surface area contributed by atoms with Crippen molar-refractivity contribution in [3.8, 4) is 0 Å². The number of carbonyl (C=O) groups is 1. The number of carbonyl (C=O) groups excluding carboxylic acids is 1. The lowest BCUT2D eigenvalue weighted by molar-refractivity contribution is 0.0772. The van der Waals surface area contributed by atoms with E-state index >= 15 is 0 Å². The third-order valence-corrected chi connectivity index (χ3v) is 2.28. The molecule has 0 saturated heterocycles. The minimum Gasteiger partial charge on any atom is -0.339 e. The van der Waals surface area contributed by atoms with Crippen LogP contribution in [0.15, 0.2) is 16.9 Å². The van der Waals surface area contributed by atoms with Crippen LogP contribution < -0.4 is 5.56 Å². The molecule has 0 aromatic carbocycles. The number of nitrogens with zero attached hydrogens (tertiary/aromatic N) is 1. The molecule has 0 atom stereocenters. The minimum atomic E-state index is -0.231. The summed E-state index contributed by atoms with van der Waals surface area (Å²) in [4.78, 5) is 27.4. The fourth-order valence-corrected chi connectivity index (χ4v) is 1.50. The quantitative estimate of drug-likeness (QED) is 0.810. The summed E-state index contributed by atoms with van der Waals surface area (Å²) in [6, 6.07) is 3.04. The summed E-state index contributed by atoms with van der Waals surface area (Å²) < 4.78 is 0. The maximum absolute atomic E-state index is 11.9. The van der Waals surface area contributed by atoms with Crippen molar-refractivity contribution in [1.82, 2.24) is 9.88 Å². The first-order chi connectivity index (χ1) is 7.08. The number of hydrogen-bond donors (Lipinski definition) is 1. The first-order valence-corrected chi connectivity index (χ1v) is 5.08. The van der Waals surface area contributed by atoms with Gasteiger partial charge in [-0.25, -0.2) is 0 Å². The maximum Gasteiger partial charge on any atom is 0.254 e. The summed E-state index contributed by atoms with van der Waals surface area (Å²) in [5.74, 6) is -0.0887. The molecule has 0 spiro atoms. The lowest BCUT2D eigenvalue weighted by Gasteiger charge is -2.18. The molecule has 82 valence electrons. The van der Waals surface area contributed by atoms with Gasteiger partial charge in [-0.3, -0.25) is 9.59 Å². The predicted molar refractivity (Wildman–Crippen MR) is 59.1 cm³/mol. The molecule has 1 N–H and O–H groups in total. The second-order valence-electron chi connectivity index (χ2n) is 3.39. The molecule has 0 aliphatic heterocycles. The molecular formula is C11H16N2O2. The van der Waals surface area contributed by atoms with Crippen molar-refractivity contribution in [3.63, 3.8) is 0 Å². The van der Waals surface area contributed by atoms with Gasteiger partial charge >= 0.3 is 0 Å². The molecule has 1 aromatic heterocycles. The Labute approximate surface area is 88.9 Å². The Hall–Kier alpha value is -1.58. The highest BCUT2D eigenvalue weighted by molar-refractivity contribution is 5.94. The summed E-state index contributed by atoms with van der Waals surface area (Å²) >= 11 is 0. The lowest BCUT2D eigenvalue weighted by atomic mass is 10.2. The van der Waals surface area contributed by atoms with Crippen molar-refractivity contribution in [2.24, 2.45) is 0 Å². The van der Waals surface area contributed by atoms with E-state index in [0.717, 1.165) is 0 Å². The number of amides is 1. The molecule has 1 amide bonds. The average Bonchev–Trinajstić information content (AvgIpc) is 2.18. The van der Waals surface area contributed by atoms with Crippen molar-refractivity contribution in [1.29, 1.82) is 0 Å². The van der Waals surface area contributed by atoms with Gasteiger partial charge in [0, 0.05) is 30.4 Å². The van der Waals surface area contributed by atoms with Gasteiger partial charge in [-0.2, -0.15) is 0 Å². The second kappa shape index (κ2) is 4.77. The predicted octanol–water partition coefficient (Wildman–Crippen LogP) is 1.17. The van der Waals surface area contributed by atoms with Crippen LogP contribution in [-0.4, -0.2) is 28.9 Å². The molecule has 0 aliphatic carbocycles. The van der Waals surface area contributed by atoms with Gasteiger partial charge in [0.05, 0.1) is 0 Å². The molecule has 0 radical (unpaired) electrons. The number of aryl methyl sites for hydroxylation is 1. The molecule has 0 aliphatic rings. The minimum absolute atomic E-state index is 0.0887. The van der Waals surface area contributed by atoms with E-state index in [-0.39, 0.29) is 11.5 Å². The Balaban J connectivity index is 3.05. The van der Waals surface area contributed by atoms with Crippen molar-refractivity contribution < 1.29 is 4.79 Å². The first kappa shape index (κ1) is 11.5. The largest absolute Gasteiger partial charge is 0.339 e. The zero-order valence-electron chi connectivity index (χ0n) is 9.33. The van der Waals surface area contributed by atoms with Crippen molar-refractivity contribution in [2.75, 3.05) is 13.1 Å². The van der Waals surface area contributed by atoms with E-state index in [1.54, 1.807) is 17.9 Å². The molecule has 15 heavy (non-hydrogen) atoms. The standard InChI is InChI=1S/C11H16N2O2/c1-4-13(5-2)11(15)9-6-8(3)12-10(14)7-9/h6-7H,4-5H2,1-3H3,(H,12,14). The fraction of sp³-hybridized carbons (Fsp3) is 0.455. The van der Waals surface area contributed by atoms with Crippen LogP contribution >= 0.6 is 0 Å². The van der Waals surface area contributed by atoms with E-state index in [2.05, 4.69) is 4.98 Å². The molecule has 1 rings (SSSR count). The van der Waals surface area contributed by atoms with Gasteiger partial charge in [0.1, 0.15) is 0 Å². The highest BCUT2D eigenvalue weighted by atomic mass is 16.2. The number of aromatic nitrogens is 1. The second-order valence-corrected chi connectivity index (χ2v) is 3.39. The Morgan fingerprint density at radius 1 is 1.33 bits per heavy atom. The van der Waals surface area contributed by atoms with Crippen LogP contribution in [0.3, 0.4) is 0 Å². The number of aromatic amines is 1. The Morgan fingerprint density at radius 2 is 1.93 bits per heavy atom. The fourth-order valence-electron chi connectivity index (χ4n) is 1.50. The molecule has 0 fully saturated rings. The van der Waals surface area contributed by atoms with Crippen LogP contribution in [-0.2, 0) is 0 Å². The zero-order chi connectivity index (χ0) is 11.4. The van der Waals surface area contributed by atoms with E-state index in [0.29, 0.717) is 24.3 Å². The zero-order valence-corrected chi connectivity index (χ0v) is 9.33. The van der Waals surface area contributed by atoms with Gasteiger partial charge in [0.2, 0.25) is 5.56 Å². The molecule has 1 heterocycles. The Kier molecular flexibility index (Phi) is 3.66. The van der Waals surface area contributed by atoms with E-state index in [9.17, 15) is 9.59 Å². The number of pyridine rings is 1. The molecule has 0 saturated carbocycles. The van der Waals surface area contributed by atoms with E-state index in [4.69, 9.17) is 0 Å². The topological polar surface area (TPSA) is 53.2 Å². The molecule has 0 bridgehead atoms. The monoisotopic (exact) mass is 208 g/mol. The molecule has 4 heteroatoms. The summed E-state index contributed by atoms with van der Waals surface area (Å²) in [5.41, 5.74) is 0.934. The highest BCUT2D eigenvalue weighted by Crippen LogP contribution is 2.03. The summed E-state index contributed by atoms with van der Waals surface area (Å²) in [6.45, 7) is 6.91. The summed E-state index contributed by atoms with van der Waals surface area (Å²) in [7, 11) is 0. The lowest BCUT2D eigenvalue weighted by Crippen LogP contribution is -2.31. The van der Waals surface area contributed by atoms with Crippen molar-refractivity contribution in [3.05, 3.63) is 33.7 Å². The first-order valence-electron chi connectivity index (χ1n) is 5.08. The van der Waals surface area contributed by atoms with Crippen LogP contribution in [0.4, 0.5) is 0 Å². The number of nitrogens with one attached hydrogen (secondary N) is 1. The van der Waals surface area contributed by atoms with Crippen LogP contribution in [0, 0.1) is 6.92 Å². The van der Waals surface area contributed by atoms with E-state index in [1.165, 1.54) is 6.07 Å². The molecular weight excluding hydrogens is 192 g/mol. The smallest absolute Gasteiger partial charge is 0.254 e. The van der Waals surface area contributed by atoms with Crippen molar-refractivity contribution >= 4 is 5.91 Å². The molecule has 4 nitrogen and oxygen atoms in total. The van der Waals surface area contributed by atoms with Gasteiger partial charge < -0.3 is 9.88 Å². The highest BCUT2D eigenvalue weighted by Gasteiger charge is 2.12. The maximum atomic E-state index is 11.9. The van der Waals surface area contributed by atoms with E-state index in [1.807, 2.05) is 13.8 Å². The SMILES string of the molecule is CCN(CC)C(=O)c1cc(C)[nH]c(=O)c1. The number of hydrogen-bond acceptors (Lipinski definition) is 2. The molecule has 1 aromatic rings. The normalized spacial score (nSPS) is 10.1. The van der Waals surface area contributed by atoms with Gasteiger partial charge in [-0.15, -0.1) is 0 Å². The number of rotatable bonds is 3. The van der Waals surface area contributed by atoms with Gasteiger partial charge in [0.15, 0.2) is 0 Å². The third-order valence-electron chi connectivity index (χ3n) is 2.28.